The van der Waals surface area contributed by atoms with Crippen LogP contribution in [0.15, 0.2) is 12.7 Å². The average Bonchev–Trinajstić information content (AvgIpc) is 3.08. The van der Waals surface area contributed by atoms with E-state index in [0.29, 0.717) is 19.3 Å². The first-order valence-electron chi connectivity index (χ1n) is 20.1. The monoisotopic (exact) mass is 776 g/mol. The van der Waals surface area contributed by atoms with Crippen LogP contribution in [0, 0.1) is 0 Å². The molecular formula is C39H74N3O10P. The summed E-state index contributed by atoms with van der Waals surface area (Å²) >= 11 is 0. The fourth-order valence-electron chi connectivity index (χ4n) is 5.40. The van der Waals surface area contributed by atoms with Crippen molar-refractivity contribution in [1.29, 1.82) is 0 Å². The number of phosphoric ester groups is 1. The topological polar surface area (TPSA) is 168 Å². The van der Waals surface area contributed by atoms with Gasteiger partial charge in [-0.3, -0.25) is 28.0 Å². The number of ether oxygens (including phenoxy) is 2. The van der Waals surface area contributed by atoms with Gasteiger partial charge in [0.2, 0.25) is 11.8 Å². The fourth-order valence-corrected chi connectivity index (χ4v) is 6.56. The van der Waals surface area contributed by atoms with Gasteiger partial charge in [0.1, 0.15) is 17.7 Å². The summed E-state index contributed by atoms with van der Waals surface area (Å²) in [5.41, 5.74) is -0.695. The lowest BCUT2D eigenvalue weighted by atomic mass is 10.1. The molecule has 3 amide bonds. The molecule has 3 N–H and O–H groups in total. The van der Waals surface area contributed by atoms with Gasteiger partial charge in [0.05, 0.1) is 19.8 Å². The quantitative estimate of drug-likeness (QED) is 0.0249. The van der Waals surface area contributed by atoms with Gasteiger partial charge in [0.25, 0.3) is 0 Å². The number of carbonyl (C=O) groups excluding carboxylic acids is 4. The summed E-state index contributed by atoms with van der Waals surface area (Å²) in [6.07, 6.45) is 19.6. The van der Waals surface area contributed by atoms with Gasteiger partial charge >= 0.3 is 19.9 Å². The molecule has 13 nitrogen and oxygen atoms in total. The molecule has 0 aliphatic rings. The van der Waals surface area contributed by atoms with Gasteiger partial charge < -0.3 is 25.4 Å². The maximum absolute atomic E-state index is 13.5. The second kappa shape index (κ2) is 31.8. The number of hydrogen-bond acceptors (Lipinski definition) is 10. The zero-order valence-corrected chi connectivity index (χ0v) is 34.8. The maximum atomic E-state index is 13.5. The molecular weight excluding hydrogens is 701 g/mol. The molecule has 0 heterocycles. The van der Waals surface area contributed by atoms with Crippen molar-refractivity contribution in [1.82, 2.24) is 16.0 Å². The molecule has 1 unspecified atom stereocenters. The molecule has 0 saturated heterocycles. The van der Waals surface area contributed by atoms with E-state index in [1.54, 1.807) is 20.8 Å². The van der Waals surface area contributed by atoms with Gasteiger partial charge in [-0.15, -0.1) is 6.58 Å². The van der Waals surface area contributed by atoms with Crippen molar-refractivity contribution in [2.75, 3.05) is 32.9 Å². The Bertz CT molecular complexity index is 1050. The highest BCUT2D eigenvalue weighted by Crippen LogP contribution is 2.49. The molecule has 0 radical (unpaired) electrons. The highest BCUT2D eigenvalue weighted by molar-refractivity contribution is 7.48. The van der Waals surface area contributed by atoms with Crippen LogP contribution in [-0.2, 0) is 42.0 Å². The molecule has 0 aliphatic heterocycles. The lowest BCUT2D eigenvalue weighted by Gasteiger charge is -2.23. The van der Waals surface area contributed by atoms with Gasteiger partial charge in [-0.05, 0) is 40.0 Å². The number of unbranched alkanes of at least 4 members (excludes halogenated alkanes) is 14. The molecule has 0 aromatic heterocycles. The number of rotatable bonds is 34. The Hall–Kier alpha value is -2.47. The molecule has 53 heavy (non-hydrogen) atoms. The Labute approximate surface area is 320 Å². The Balaban J connectivity index is 5.30. The minimum absolute atomic E-state index is 0.0541. The van der Waals surface area contributed by atoms with Crippen LogP contribution < -0.4 is 16.0 Å². The van der Waals surface area contributed by atoms with Crippen molar-refractivity contribution in [2.45, 2.75) is 181 Å². The number of esters is 1. The highest BCUT2D eigenvalue weighted by Gasteiger charge is 2.31. The van der Waals surface area contributed by atoms with E-state index in [2.05, 4.69) is 36.4 Å². The van der Waals surface area contributed by atoms with Crippen LogP contribution in [-0.4, -0.2) is 74.5 Å². The molecule has 14 heteroatoms. The Kier molecular flexibility index (Phi) is 30.4. The van der Waals surface area contributed by atoms with Crippen molar-refractivity contribution in [3.63, 3.8) is 0 Å². The zero-order chi connectivity index (χ0) is 39.8. The van der Waals surface area contributed by atoms with E-state index < -0.39 is 38.1 Å². The lowest BCUT2D eigenvalue weighted by Crippen LogP contribution is -2.49. The molecule has 0 bridgehead atoms. The fraction of sp³-hybridized carbons (Fsp3) is 0.846. The first kappa shape index (κ1) is 50.5. The van der Waals surface area contributed by atoms with Crippen molar-refractivity contribution in [3.05, 3.63) is 12.7 Å². The first-order valence-corrected chi connectivity index (χ1v) is 21.6. The van der Waals surface area contributed by atoms with Gasteiger partial charge in [-0.25, -0.2) is 9.36 Å². The standard InChI is InChI=1S/C39H74N3O10P/c1-8-11-13-15-16-17-18-19-20-22-24-26-36(44)42-35(37(45)40-28-27-34(51-33(4)43)25-23-21-14-12-9-2)32-50-53(47,48-30-10-3)49-31-29-41-38(46)52-39(5,6)7/h10,34-35H,3,8-9,11-32H2,1-2,4-7H3,(H,40,45)(H,41,46)(H,42,44)/t34-,35+,53?/m1/s1. The molecule has 310 valence electrons. The summed E-state index contributed by atoms with van der Waals surface area (Å²) in [4.78, 5) is 50.1. The smallest absolute Gasteiger partial charge is 0.462 e. The van der Waals surface area contributed by atoms with Gasteiger partial charge in [0.15, 0.2) is 0 Å². The Morgan fingerprint density at radius 1 is 0.736 bits per heavy atom. The summed E-state index contributed by atoms with van der Waals surface area (Å²) in [6, 6.07) is -1.21. The summed E-state index contributed by atoms with van der Waals surface area (Å²) < 4.78 is 40.4. The summed E-state index contributed by atoms with van der Waals surface area (Å²) in [6.45, 7) is 13.7. The van der Waals surface area contributed by atoms with Crippen LogP contribution in [0.1, 0.15) is 164 Å². The molecule has 0 spiro atoms. The molecule has 0 rings (SSSR count). The third-order valence-electron chi connectivity index (χ3n) is 8.16. The van der Waals surface area contributed by atoms with E-state index in [1.165, 1.54) is 57.9 Å². The second-order valence-electron chi connectivity index (χ2n) is 14.5. The van der Waals surface area contributed by atoms with Crippen molar-refractivity contribution >= 4 is 31.7 Å². The maximum Gasteiger partial charge on any atom is 0.475 e. The number of hydrogen-bond donors (Lipinski definition) is 3. The van der Waals surface area contributed by atoms with Crippen molar-refractivity contribution in [3.8, 4) is 0 Å². The normalized spacial score (nSPS) is 13.7. The summed E-state index contributed by atoms with van der Waals surface area (Å²) in [5.74, 6) is -1.27. The Morgan fingerprint density at radius 3 is 1.85 bits per heavy atom. The van der Waals surface area contributed by atoms with Gasteiger partial charge in [-0.2, -0.15) is 0 Å². The number of phosphoric acid groups is 1. The third kappa shape index (κ3) is 31.6. The zero-order valence-electron chi connectivity index (χ0n) is 33.9. The van der Waals surface area contributed by atoms with E-state index >= 15 is 0 Å². The first-order chi connectivity index (χ1) is 25.2. The number of nitrogens with one attached hydrogen (secondary N) is 3. The molecule has 0 aromatic carbocycles. The van der Waals surface area contributed by atoms with Crippen molar-refractivity contribution < 1.29 is 46.8 Å². The van der Waals surface area contributed by atoms with Crippen LogP contribution in [0.25, 0.3) is 0 Å². The van der Waals surface area contributed by atoms with E-state index in [1.807, 2.05) is 0 Å². The van der Waals surface area contributed by atoms with Crippen LogP contribution in [0.3, 0.4) is 0 Å². The molecule has 0 saturated carbocycles. The number of alkyl carbamates (subject to hydrolysis) is 1. The molecule has 0 aromatic rings. The van der Waals surface area contributed by atoms with Gasteiger partial charge in [0, 0.05) is 32.9 Å². The van der Waals surface area contributed by atoms with E-state index in [-0.39, 0.29) is 50.7 Å². The Morgan fingerprint density at radius 2 is 1.30 bits per heavy atom. The second-order valence-corrected chi connectivity index (χ2v) is 16.2. The molecule has 0 aliphatic carbocycles. The highest BCUT2D eigenvalue weighted by atomic mass is 31.2. The van der Waals surface area contributed by atoms with E-state index in [4.69, 9.17) is 23.0 Å². The minimum atomic E-state index is -4.25. The van der Waals surface area contributed by atoms with Crippen LogP contribution >= 0.6 is 7.82 Å². The average molecular weight is 776 g/mol. The van der Waals surface area contributed by atoms with E-state index in [9.17, 15) is 23.7 Å². The van der Waals surface area contributed by atoms with Crippen LogP contribution in [0.2, 0.25) is 0 Å². The minimum Gasteiger partial charge on any atom is -0.462 e. The predicted octanol–water partition coefficient (Wildman–Crippen LogP) is 8.84. The summed E-state index contributed by atoms with van der Waals surface area (Å²) in [5, 5.41) is 8.02. The number of carbonyl (C=O) groups is 4. The third-order valence-corrected chi connectivity index (χ3v) is 9.59. The SMILES string of the molecule is C=CCOP(=O)(OCCNC(=O)OC(C)(C)C)OC[C@H](NC(=O)CCCCCCCCCCCCC)C(=O)NCC[C@@H](CCCCCCC)OC(C)=O. The van der Waals surface area contributed by atoms with Crippen LogP contribution in [0.4, 0.5) is 4.79 Å². The summed E-state index contributed by atoms with van der Waals surface area (Å²) in [7, 11) is -4.25. The van der Waals surface area contributed by atoms with Gasteiger partial charge in [-0.1, -0.05) is 110 Å². The van der Waals surface area contributed by atoms with Crippen LogP contribution in [0.5, 0.6) is 0 Å². The molecule has 3 atom stereocenters. The largest absolute Gasteiger partial charge is 0.475 e. The molecule has 0 fully saturated rings. The lowest BCUT2D eigenvalue weighted by molar-refractivity contribution is -0.147. The predicted molar refractivity (Wildman–Crippen MR) is 209 cm³/mol. The van der Waals surface area contributed by atoms with E-state index in [0.717, 1.165) is 51.4 Å². The number of amides is 3. The van der Waals surface area contributed by atoms with Crippen molar-refractivity contribution in [2.24, 2.45) is 0 Å².